The Morgan fingerprint density at radius 3 is 2.33 bits per heavy atom. The van der Waals surface area contributed by atoms with Crippen molar-refractivity contribution in [3.63, 3.8) is 0 Å². The first kappa shape index (κ1) is 17.9. The lowest BCUT2D eigenvalue weighted by Crippen LogP contribution is -2.55. The number of nitrogens with one attached hydrogen (secondary N) is 2. The molecule has 1 fully saturated rings. The average molecular weight is 299 g/mol. The van der Waals surface area contributed by atoms with Gasteiger partial charge in [0.15, 0.2) is 0 Å². The molecule has 0 spiro atoms. The van der Waals surface area contributed by atoms with Crippen molar-refractivity contribution in [3.8, 4) is 0 Å². The van der Waals surface area contributed by atoms with Gasteiger partial charge in [-0.3, -0.25) is 9.59 Å². The highest BCUT2D eigenvalue weighted by Gasteiger charge is 2.40. The predicted octanol–water partition coefficient (Wildman–Crippen LogP) is 0.376. The lowest BCUT2D eigenvalue weighted by molar-refractivity contribution is -0.142. The zero-order valence-electron chi connectivity index (χ0n) is 13.7. The van der Waals surface area contributed by atoms with Crippen molar-refractivity contribution < 1.29 is 14.3 Å². The average Bonchev–Trinajstić information content (AvgIpc) is 2.49. The molecule has 0 radical (unpaired) electrons. The van der Waals surface area contributed by atoms with Gasteiger partial charge in [-0.05, 0) is 46.7 Å². The van der Waals surface area contributed by atoms with E-state index in [1.807, 2.05) is 13.8 Å². The van der Waals surface area contributed by atoms with Gasteiger partial charge in [0.1, 0.15) is 6.04 Å². The summed E-state index contributed by atoms with van der Waals surface area (Å²) in [5.41, 5.74) is -0.516. The maximum atomic E-state index is 12.6. The summed E-state index contributed by atoms with van der Waals surface area (Å²) in [6, 6.07) is -0.499. The van der Waals surface area contributed by atoms with Gasteiger partial charge in [-0.25, -0.2) is 0 Å². The van der Waals surface area contributed by atoms with E-state index in [1.54, 1.807) is 18.9 Å². The molecule has 1 atom stereocenters. The van der Waals surface area contributed by atoms with E-state index in [0.29, 0.717) is 19.7 Å². The first-order valence-electron chi connectivity index (χ1n) is 7.80. The van der Waals surface area contributed by atoms with E-state index in [4.69, 9.17) is 4.74 Å². The molecule has 0 saturated carbocycles. The first-order chi connectivity index (χ1) is 10.0. The predicted molar refractivity (Wildman–Crippen MR) is 81.9 cm³/mol. The van der Waals surface area contributed by atoms with Gasteiger partial charge in [0, 0.05) is 20.2 Å². The van der Waals surface area contributed by atoms with Gasteiger partial charge >= 0.3 is 0 Å². The Labute approximate surface area is 127 Å². The number of hydrogen-bond donors (Lipinski definition) is 2. The molecular weight excluding hydrogens is 270 g/mol. The molecule has 2 amide bonds. The summed E-state index contributed by atoms with van der Waals surface area (Å²) >= 11 is 0. The van der Waals surface area contributed by atoms with Crippen LogP contribution in [0.1, 0.15) is 33.6 Å². The molecule has 122 valence electrons. The van der Waals surface area contributed by atoms with Crippen molar-refractivity contribution in [1.29, 1.82) is 0 Å². The molecule has 1 aliphatic heterocycles. The number of carbonyl (C=O) groups excluding carboxylic acids is 2. The highest BCUT2D eigenvalue weighted by Crippen LogP contribution is 2.29. The van der Waals surface area contributed by atoms with Crippen LogP contribution in [-0.4, -0.2) is 62.7 Å². The number of nitrogens with zero attached hydrogens (tertiary/aromatic N) is 1. The molecule has 1 rings (SSSR count). The molecule has 2 N–H and O–H groups in total. The van der Waals surface area contributed by atoms with E-state index in [9.17, 15) is 9.59 Å². The number of carbonyl (C=O) groups is 2. The van der Waals surface area contributed by atoms with Crippen molar-refractivity contribution in [1.82, 2.24) is 15.5 Å². The Kier molecular flexibility index (Phi) is 7.11. The smallest absolute Gasteiger partial charge is 0.244 e. The van der Waals surface area contributed by atoms with Crippen molar-refractivity contribution in [3.05, 3.63) is 0 Å². The van der Waals surface area contributed by atoms with Crippen LogP contribution in [0.3, 0.4) is 0 Å². The molecule has 1 unspecified atom stereocenters. The summed E-state index contributed by atoms with van der Waals surface area (Å²) in [5.74, 6) is -0.103. The first-order valence-corrected chi connectivity index (χ1v) is 7.80. The van der Waals surface area contributed by atoms with Crippen LogP contribution in [0.25, 0.3) is 0 Å². The summed E-state index contributed by atoms with van der Waals surface area (Å²) < 4.78 is 5.25. The van der Waals surface area contributed by atoms with Crippen LogP contribution in [0.2, 0.25) is 0 Å². The van der Waals surface area contributed by atoms with Crippen LogP contribution in [-0.2, 0) is 14.3 Å². The molecule has 6 heteroatoms. The zero-order valence-corrected chi connectivity index (χ0v) is 13.7. The fourth-order valence-electron chi connectivity index (χ4n) is 2.84. The third-order valence-corrected chi connectivity index (χ3v) is 4.26. The van der Waals surface area contributed by atoms with Crippen molar-refractivity contribution in [2.75, 3.05) is 39.9 Å². The van der Waals surface area contributed by atoms with Gasteiger partial charge < -0.3 is 20.3 Å². The number of amides is 2. The van der Waals surface area contributed by atoms with E-state index in [0.717, 1.165) is 25.9 Å². The lowest BCUT2D eigenvalue weighted by atomic mass is 9.78. The molecule has 1 saturated heterocycles. The minimum Gasteiger partial charge on any atom is -0.384 e. The van der Waals surface area contributed by atoms with E-state index in [1.165, 1.54) is 0 Å². The topological polar surface area (TPSA) is 70.7 Å². The van der Waals surface area contributed by atoms with Gasteiger partial charge in [0.2, 0.25) is 11.8 Å². The number of rotatable bonds is 7. The number of ether oxygens (including phenoxy) is 1. The summed E-state index contributed by atoms with van der Waals surface area (Å²) in [6.07, 6.45) is 1.47. The third kappa shape index (κ3) is 4.41. The van der Waals surface area contributed by atoms with E-state index in [2.05, 4.69) is 10.6 Å². The quantitative estimate of drug-likeness (QED) is 0.713. The highest BCUT2D eigenvalue weighted by atomic mass is 16.5. The lowest BCUT2D eigenvalue weighted by Gasteiger charge is -2.36. The Morgan fingerprint density at radius 2 is 1.86 bits per heavy atom. The van der Waals surface area contributed by atoms with Crippen LogP contribution in [0, 0.1) is 5.41 Å². The summed E-state index contributed by atoms with van der Waals surface area (Å²) in [7, 11) is 1.61. The molecular formula is C15H29N3O3. The fraction of sp³-hybridized carbons (Fsp3) is 0.867. The van der Waals surface area contributed by atoms with Crippen molar-refractivity contribution in [2.45, 2.75) is 39.7 Å². The van der Waals surface area contributed by atoms with E-state index >= 15 is 0 Å². The van der Waals surface area contributed by atoms with E-state index in [-0.39, 0.29) is 11.8 Å². The van der Waals surface area contributed by atoms with Crippen molar-refractivity contribution in [2.24, 2.45) is 5.41 Å². The molecule has 1 heterocycles. The monoisotopic (exact) mass is 299 g/mol. The van der Waals surface area contributed by atoms with Crippen molar-refractivity contribution >= 4 is 11.8 Å². The fourth-order valence-corrected chi connectivity index (χ4v) is 2.84. The molecule has 0 aromatic rings. The zero-order chi connectivity index (χ0) is 15.9. The second kappa shape index (κ2) is 8.34. The largest absolute Gasteiger partial charge is 0.384 e. The molecule has 6 nitrogen and oxygen atoms in total. The second-order valence-electron chi connectivity index (χ2n) is 5.67. The highest BCUT2D eigenvalue weighted by molar-refractivity contribution is 5.90. The van der Waals surface area contributed by atoms with Gasteiger partial charge in [-0.2, -0.15) is 0 Å². The number of likely N-dealkylation sites (N-methyl/N-ethyl adjacent to an activating group) is 1. The summed E-state index contributed by atoms with van der Waals surface area (Å²) in [4.78, 5) is 26.6. The van der Waals surface area contributed by atoms with Gasteiger partial charge in [-0.15, -0.1) is 0 Å². The van der Waals surface area contributed by atoms with E-state index < -0.39 is 11.5 Å². The van der Waals surface area contributed by atoms with Crippen LogP contribution < -0.4 is 10.6 Å². The molecule has 1 aliphatic rings. The minimum absolute atomic E-state index is 0.0325. The Morgan fingerprint density at radius 1 is 1.29 bits per heavy atom. The van der Waals surface area contributed by atoms with Gasteiger partial charge in [-0.1, -0.05) is 0 Å². The SMILES string of the molecule is CCN(CC)C(=O)C(C)NC(=O)C1(COC)CCNCC1. The third-order valence-electron chi connectivity index (χ3n) is 4.26. The molecule has 0 aromatic heterocycles. The summed E-state index contributed by atoms with van der Waals surface area (Å²) in [6.45, 7) is 8.94. The Balaban J connectivity index is 2.70. The second-order valence-corrected chi connectivity index (χ2v) is 5.67. The maximum Gasteiger partial charge on any atom is 0.244 e. The molecule has 21 heavy (non-hydrogen) atoms. The minimum atomic E-state index is -0.516. The normalized spacial score (nSPS) is 18.9. The molecule has 0 bridgehead atoms. The van der Waals surface area contributed by atoms with Crippen LogP contribution in [0.4, 0.5) is 0 Å². The van der Waals surface area contributed by atoms with Crippen LogP contribution in [0.5, 0.6) is 0 Å². The standard InChI is InChI=1S/C15H29N3O3/c1-5-18(6-2)13(19)12(3)17-14(20)15(11-21-4)7-9-16-10-8-15/h12,16H,5-11H2,1-4H3,(H,17,20). The summed E-state index contributed by atoms with van der Waals surface area (Å²) in [5, 5.41) is 6.14. The molecule has 0 aliphatic carbocycles. The number of piperidine rings is 1. The number of hydrogen-bond acceptors (Lipinski definition) is 4. The van der Waals surface area contributed by atoms with Crippen LogP contribution in [0.15, 0.2) is 0 Å². The Bertz CT molecular complexity index is 345. The Hall–Kier alpha value is -1.14. The molecule has 0 aromatic carbocycles. The maximum absolute atomic E-state index is 12.6. The van der Waals surface area contributed by atoms with Crippen LogP contribution >= 0.6 is 0 Å². The van der Waals surface area contributed by atoms with Gasteiger partial charge in [0.05, 0.1) is 12.0 Å². The number of methoxy groups -OCH3 is 1. The van der Waals surface area contributed by atoms with Gasteiger partial charge in [0.25, 0.3) is 0 Å².